The summed E-state index contributed by atoms with van der Waals surface area (Å²) in [6.07, 6.45) is 3.70. The van der Waals surface area contributed by atoms with Gasteiger partial charge in [0.1, 0.15) is 0 Å². The first kappa shape index (κ1) is 10.2. The third-order valence-corrected chi connectivity index (χ3v) is 2.66. The Morgan fingerprint density at radius 2 is 1.93 bits per heavy atom. The molecule has 0 bridgehead atoms. The van der Waals surface area contributed by atoms with E-state index in [-0.39, 0.29) is 0 Å². The van der Waals surface area contributed by atoms with Gasteiger partial charge in [-0.3, -0.25) is 0 Å². The van der Waals surface area contributed by atoms with Gasteiger partial charge in [0, 0.05) is 19.1 Å². The highest BCUT2D eigenvalue weighted by Gasteiger charge is 2.06. The van der Waals surface area contributed by atoms with Crippen LogP contribution in [0.5, 0.6) is 0 Å². The molecule has 2 rings (SSSR count). The molecule has 0 aliphatic carbocycles. The van der Waals surface area contributed by atoms with Crippen LogP contribution >= 0.6 is 0 Å². The maximum absolute atomic E-state index is 4.07. The Morgan fingerprint density at radius 1 is 1.20 bits per heavy atom. The lowest BCUT2D eigenvalue weighted by atomic mass is 9.49. The van der Waals surface area contributed by atoms with Crippen LogP contribution in [0, 0.1) is 0 Å². The lowest BCUT2D eigenvalue weighted by Gasteiger charge is -2.04. The molecule has 1 aromatic carbocycles. The third kappa shape index (κ3) is 2.55. The van der Waals surface area contributed by atoms with E-state index >= 15 is 0 Å². The van der Waals surface area contributed by atoms with Gasteiger partial charge in [-0.05, 0) is 5.56 Å². The number of hydrogen-bond donors (Lipinski definition) is 0. The molecule has 0 aromatic heterocycles. The van der Waals surface area contributed by atoms with Crippen molar-refractivity contribution in [3.05, 3.63) is 29.8 Å². The van der Waals surface area contributed by atoms with Crippen molar-refractivity contribution in [3.8, 4) is 0 Å². The standard InChI is InChI=1S/C12H15BN2/c1-13(2)11-5-3-10(4-6-11)9-12-7-8-14-15-12/h3-6,8H,7,9H2,1-2H3. The predicted octanol–water partition coefficient (Wildman–Crippen LogP) is 2.02. The summed E-state index contributed by atoms with van der Waals surface area (Å²) >= 11 is 0. The van der Waals surface area contributed by atoms with Crippen molar-refractivity contribution >= 4 is 24.1 Å². The normalized spacial score (nSPS) is 14.1. The van der Waals surface area contributed by atoms with E-state index in [1.54, 1.807) is 0 Å². The van der Waals surface area contributed by atoms with Crippen LogP contribution in [0.3, 0.4) is 0 Å². The van der Waals surface area contributed by atoms with Gasteiger partial charge in [-0.2, -0.15) is 10.2 Å². The highest BCUT2D eigenvalue weighted by atomic mass is 15.2. The minimum absolute atomic E-state index is 0.603. The first-order valence-electron chi connectivity index (χ1n) is 5.42. The summed E-state index contributed by atoms with van der Waals surface area (Å²) in [5.74, 6) is 0. The van der Waals surface area contributed by atoms with Crippen molar-refractivity contribution in [3.63, 3.8) is 0 Å². The van der Waals surface area contributed by atoms with Gasteiger partial charge in [0.05, 0.1) is 5.71 Å². The van der Waals surface area contributed by atoms with Crippen molar-refractivity contribution in [1.29, 1.82) is 0 Å². The van der Waals surface area contributed by atoms with Crippen LogP contribution < -0.4 is 5.46 Å². The van der Waals surface area contributed by atoms with E-state index in [2.05, 4.69) is 48.1 Å². The van der Waals surface area contributed by atoms with Crippen LogP contribution in [0.25, 0.3) is 0 Å². The third-order valence-electron chi connectivity index (χ3n) is 2.66. The molecular weight excluding hydrogens is 183 g/mol. The summed E-state index contributed by atoms with van der Waals surface area (Å²) in [6.45, 7) is 5.03. The topological polar surface area (TPSA) is 24.7 Å². The maximum atomic E-state index is 4.07. The van der Waals surface area contributed by atoms with Crippen molar-refractivity contribution in [2.75, 3.05) is 0 Å². The second kappa shape index (κ2) is 4.43. The van der Waals surface area contributed by atoms with E-state index in [4.69, 9.17) is 0 Å². The van der Waals surface area contributed by atoms with Gasteiger partial charge in [-0.25, -0.2) is 0 Å². The van der Waals surface area contributed by atoms with Crippen molar-refractivity contribution in [2.24, 2.45) is 10.2 Å². The van der Waals surface area contributed by atoms with Gasteiger partial charge in [0.25, 0.3) is 0 Å². The summed E-state index contributed by atoms with van der Waals surface area (Å²) in [5, 5.41) is 7.94. The molecule has 76 valence electrons. The van der Waals surface area contributed by atoms with Crippen LogP contribution in [0.4, 0.5) is 0 Å². The van der Waals surface area contributed by atoms with Crippen LogP contribution in [0.15, 0.2) is 34.5 Å². The molecule has 1 heterocycles. The lowest BCUT2D eigenvalue weighted by Crippen LogP contribution is -2.22. The Hall–Kier alpha value is -1.38. The van der Waals surface area contributed by atoms with Gasteiger partial charge in [0.2, 0.25) is 0 Å². The SMILES string of the molecule is CB(C)c1ccc(CC2=NN=CC2)cc1. The molecule has 0 radical (unpaired) electrons. The first-order valence-corrected chi connectivity index (χ1v) is 5.42. The molecule has 2 nitrogen and oxygen atoms in total. The molecule has 0 amide bonds. The van der Waals surface area contributed by atoms with Crippen molar-refractivity contribution in [1.82, 2.24) is 0 Å². The first-order chi connectivity index (χ1) is 7.25. The number of rotatable bonds is 3. The molecule has 3 heteroatoms. The zero-order chi connectivity index (χ0) is 10.7. The maximum Gasteiger partial charge on any atom is 0.169 e. The Balaban J connectivity index is 2.04. The molecule has 0 N–H and O–H groups in total. The summed E-state index contributed by atoms with van der Waals surface area (Å²) in [6, 6.07) is 8.79. The van der Waals surface area contributed by atoms with E-state index < -0.39 is 0 Å². The van der Waals surface area contributed by atoms with Gasteiger partial charge in [-0.15, -0.1) is 0 Å². The second-order valence-corrected chi connectivity index (χ2v) is 4.24. The quantitative estimate of drug-likeness (QED) is 0.664. The van der Waals surface area contributed by atoms with Crippen LogP contribution in [0.1, 0.15) is 12.0 Å². The molecule has 0 unspecified atom stereocenters. The zero-order valence-corrected chi connectivity index (χ0v) is 9.27. The molecule has 0 spiro atoms. The van der Waals surface area contributed by atoms with Crippen LogP contribution in [0.2, 0.25) is 13.6 Å². The zero-order valence-electron chi connectivity index (χ0n) is 9.27. The van der Waals surface area contributed by atoms with E-state index in [9.17, 15) is 0 Å². The van der Waals surface area contributed by atoms with E-state index in [1.165, 1.54) is 11.0 Å². The number of benzene rings is 1. The summed E-state index contributed by atoms with van der Waals surface area (Å²) < 4.78 is 0. The average molecular weight is 198 g/mol. The minimum Gasteiger partial charge on any atom is -0.163 e. The Bertz CT molecular complexity index is 391. The summed E-state index contributed by atoms with van der Waals surface area (Å²) in [7, 11) is 0. The van der Waals surface area contributed by atoms with E-state index in [1.807, 2.05) is 6.21 Å². The van der Waals surface area contributed by atoms with Gasteiger partial charge < -0.3 is 0 Å². The number of hydrogen-bond acceptors (Lipinski definition) is 2. The molecular formula is C12H15BN2. The molecule has 1 aromatic rings. The Labute approximate surface area is 91.2 Å². The van der Waals surface area contributed by atoms with Crippen LogP contribution in [-0.2, 0) is 6.42 Å². The lowest BCUT2D eigenvalue weighted by molar-refractivity contribution is 1.22. The fourth-order valence-electron chi connectivity index (χ4n) is 1.67. The van der Waals surface area contributed by atoms with Gasteiger partial charge >= 0.3 is 0 Å². The largest absolute Gasteiger partial charge is 0.169 e. The molecule has 15 heavy (non-hydrogen) atoms. The highest BCUT2D eigenvalue weighted by molar-refractivity contribution is 6.70. The fraction of sp³-hybridized carbons (Fsp3) is 0.333. The highest BCUT2D eigenvalue weighted by Crippen LogP contribution is 2.05. The smallest absolute Gasteiger partial charge is 0.163 e. The molecule has 0 saturated heterocycles. The summed E-state index contributed by atoms with van der Waals surface area (Å²) in [5.41, 5.74) is 3.87. The van der Waals surface area contributed by atoms with Gasteiger partial charge in [0.15, 0.2) is 6.71 Å². The second-order valence-electron chi connectivity index (χ2n) is 4.24. The number of nitrogens with zero attached hydrogens (tertiary/aromatic N) is 2. The van der Waals surface area contributed by atoms with Crippen molar-refractivity contribution in [2.45, 2.75) is 26.5 Å². The Kier molecular flexibility index (Phi) is 3.00. The minimum atomic E-state index is 0.603. The molecule has 1 aliphatic heterocycles. The van der Waals surface area contributed by atoms with Crippen molar-refractivity contribution < 1.29 is 0 Å². The fourth-order valence-corrected chi connectivity index (χ4v) is 1.67. The van der Waals surface area contributed by atoms with E-state index in [0.29, 0.717) is 6.71 Å². The van der Waals surface area contributed by atoms with Gasteiger partial charge in [-0.1, -0.05) is 43.4 Å². The molecule has 1 aliphatic rings. The Morgan fingerprint density at radius 3 is 2.47 bits per heavy atom. The predicted molar refractivity (Wildman–Crippen MR) is 67.8 cm³/mol. The molecule has 0 saturated carbocycles. The molecule has 0 atom stereocenters. The molecule has 0 fully saturated rings. The monoisotopic (exact) mass is 198 g/mol. The average Bonchev–Trinajstić information content (AvgIpc) is 2.71. The van der Waals surface area contributed by atoms with E-state index in [0.717, 1.165) is 18.6 Å². The van der Waals surface area contributed by atoms with Crippen LogP contribution in [-0.4, -0.2) is 18.6 Å². The summed E-state index contributed by atoms with van der Waals surface area (Å²) in [4.78, 5) is 0.